The second-order valence-electron chi connectivity index (χ2n) is 11.1. The summed E-state index contributed by atoms with van der Waals surface area (Å²) < 4.78 is 5.81. The standard InChI is InChI=1S/C32H64O2/c1-5-8-11-13-15-16-17-18-19-20-22-25-28-31(27-23-10-7-3)29-34-32(33)30(4)26-24-21-14-12-9-6-2/h30-31H,5-29H2,1-4H3. The number of ether oxygens (including phenoxy) is 1. The van der Waals surface area contributed by atoms with Gasteiger partial charge in [0.15, 0.2) is 0 Å². The van der Waals surface area contributed by atoms with Crippen molar-refractivity contribution in [2.75, 3.05) is 6.61 Å². The number of unbranched alkanes of at least 4 members (excludes halogenated alkanes) is 18. The van der Waals surface area contributed by atoms with Crippen LogP contribution in [0.25, 0.3) is 0 Å². The largest absolute Gasteiger partial charge is 0.465 e. The maximum atomic E-state index is 12.5. The van der Waals surface area contributed by atoms with Gasteiger partial charge in [-0.1, -0.05) is 163 Å². The van der Waals surface area contributed by atoms with Gasteiger partial charge in [0.2, 0.25) is 0 Å². The van der Waals surface area contributed by atoms with Gasteiger partial charge in [-0.2, -0.15) is 0 Å². The Bertz CT molecular complexity index is 406. The Balaban J connectivity index is 3.90. The Morgan fingerprint density at radius 1 is 0.500 bits per heavy atom. The molecule has 0 aromatic carbocycles. The lowest BCUT2D eigenvalue weighted by Crippen LogP contribution is -2.19. The molecule has 0 aromatic heterocycles. The van der Waals surface area contributed by atoms with Gasteiger partial charge in [-0.3, -0.25) is 4.79 Å². The third-order valence-corrected chi connectivity index (χ3v) is 7.54. The summed E-state index contributed by atoms with van der Waals surface area (Å²) in [5.74, 6) is 0.678. The first-order chi connectivity index (χ1) is 16.7. The van der Waals surface area contributed by atoms with E-state index in [4.69, 9.17) is 4.74 Å². The maximum Gasteiger partial charge on any atom is 0.308 e. The van der Waals surface area contributed by atoms with E-state index in [9.17, 15) is 4.79 Å². The zero-order valence-corrected chi connectivity index (χ0v) is 24.1. The van der Waals surface area contributed by atoms with Gasteiger partial charge < -0.3 is 4.74 Å². The van der Waals surface area contributed by atoms with Crippen LogP contribution in [0.3, 0.4) is 0 Å². The van der Waals surface area contributed by atoms with Crippen LogP contribution >= 0.6 is 0 Å². The second-order valence-corrected chi connectivity index (χ2v) is 11.1. The quantitative estimate of drug-likeness (QED) is 0.0862. The molecule has 2 atom stereocenters. The predicted molar refractivity (Wildman–Crippen MR) is 151 cm³/mol. The van der Waals surface area contributed by atoms with Crippen molar-refractivity contribution >= 4 is 5.97 Å². The van der Waals surface area contributed by atoms with Crippen LogP contribution in [0.1, 0.15) is 182 Å². The van der Waals surface area contributed by atoms with Gasteiger partial charge in [0.1, 0.15) is 0 Å². The Morgan fingerprint density at radius 2 is 0.824 bits per heavy atom. The zero-order chi connectivity index (χ0) is 25.1. The van der Waals surface area contributed by atoms with Gasteiger partial charge in [0.25, 0.3) is 0 Å². The van der Waals surface area contributed by atoms with Crippen molar-refractivity contribution < 1.29 is 9.53 Å². The molecule has 0 bridgehead atoms. The molecule has 0 radical (unpaired) electrons. The highest BCUT2D eigenvalue weighted by Gasteiger charge is 2.17. The van der Waals surface area contributed by atoms with E-state index in [1.165, 1.54) is 148 Å². The van der Waals surface area contributed by atoms with Gasteiger partial charge in [0.05, 0.1) is 12.5 Å². The van der Waals surface area contributed by atoms with Gasteiger partial charge in [-0.25, -0.2) is 0 Å². The molecule has 0 rings (SSSR count). The fraction of sp³-hybridized carbons (Fsp3) is 0.969. The van der Waals surface area contributed by atoms with Crippen molar-refractivity contribution in [3.63, 3.8) is 0 Å². The Labute approximate surface area is 215 Å². The number of esters is 1. The third-order valence-electron chi connectivity index (χ3n) is 7.54. The molecule has 0 heterocycles. The van der Waals surface area contributed by atoms with Crippen LogP contribution in [0, 0.1) is 11.8 Å². The van der Waals surface area contributed by atoms with E-state index in [1.54, 1.807) is 0 Å². The molecule has 0 amide bonds. The van der Waals surface area contributed by atoms with Crippen LogP contribution in [-0.2, 0) is 9.53 Å². The predicted octanol–water partition coefficient (Wildman–Crippen LogP) is 11.2. The second kappa shape index (κ2) is 27.1. The highest BCUT2D eigenvalue weighted by atomic mass is 16.5. The van der Waals surface area contributed by atoms with Crippen LogP contribution in [0.4, 0.5) is 0 Å². The van der Waals surface area contributed by atoms with E-state index in [1.807, 2.05) is 0 Å². The van der Waals surface area contributed by atoms with Gasteiger partial charge in [-0.05, 0) is 25.2 Å². The minimum atomic E-state index is 0.0451. The van der Waals surface area contributed by atoms with Crippen molar-refractivity contribution in [3.05, 3.63) is 0 Å². The average Bonchev–Trinajstić information content (AvgIpc) is 2.84. The Hall–Kier alpha value is -0.530. The minimum absolute atomic E-state index is 0.0451. The van der Waals surface area contributed by atoms with Crippen LogP contribution in [0.15, 0.2) is 0 Å². The summed E-state index contributed by atoms with van der Waals surface area (Å²) >= 11 is 0. The molecule has 0 fully saturated rings. The van der Waals surface area contributed by atoms with Crippen LogP contribution < -0.4 is 0 Å². The molecule has 0 aliphatic heterocycles. The van der Waals surface area contributed by atoms with Crippen molar-refractivity contribution in [1.29, 1.82) is 0 Å². The summed E-state index contributed by atoms with van der Waals surface area (Å²) in [7, 11) is 0. The number of hydrogen-bond acceptors (Lipinski definition) is 2. The lowest BCUT2D eigenvalue weighted by atomic mass is 9.95. The summed E-state index contributed by atoms with van der Waals surface area (Å²) in [5, 5.41) is 0. The number of rotatable bonds is 27. The highest BCUT2D eigenvalue weighted by molar-refractivity contribution is 5.71. The number of carbonyl (C=O) groups excluding carboxylic acids is 1. The molecule has 0 aliphatic rings. The smallest absolute Gasteiger partial charge is 0.308 e. The summed E-state index contributed by atoms with van der Waals surface area (Å²) in [6, 6.07) is 0. The molecule has 2 nitrogen and oxygen atoms in total. The van der Waals surface area contributed by atoms with Crippen molar-refractivity contribution in [2.45, 2.75) is 182 Å². The first-order valence-corrected chi connectivity index (χ1v) is 15.8. The van der Waals surface area contributed by atoms with Gasteiger partial charge in [0, 0.05) is 0 Å². The molecule has 2 heteroatoms. The molecule has 2 unspecified atom stereocenters. The monoisotopic (exact) mass is 480 g/mol. The fourth-order valence-electron chi connectivity index (χ4n) is 4.96. The number of carbonyl (C=O) groups is 1. The van der Waals surface area contributed by atoms with Gasteiger partial charge >= 0.3 is 5.97 Å². The Morgan fingerprint density at radius 3 is 1.26 bits per heavy atom. The SMILES string of the molecule is CCCCCCCCCCCCCCC(CCCCC)COC(=O)C(C)CCCCCCCC. The summed E-state index contributed by atoms with van der Waals surface area (Å²) in [6.07, 6.45) is 31.8. The van der Waals surface area contributed by atoms with Crippen molar-refractivity contribution in [3.8, 4) is 0 Å². The highest BCUT2D eigenvalue weighted by Crippen LogP contribution is 2.21. The fourth-order valence-corrected chi connectivity index (χ4v) is 4.96. The van der Waals surface area contributed by atoms with Crippen LogP contribution in [-0.4, -0.2) is 12.6 Å². The minimum Gasteiger partial charge on any atom is -0.465 e. The maximum absolute atomic E-state index is 12.5. The third kappa shape index (κ3) is 23.2. The first-order valence-electron chi connectivity index (χ1n) is 15.8. The molecular formula is C32H64O2. The Kier molecular flexibility index (Phi) is 26.6. The van der Waals surface area contributed by atoms with Crippen LogP contribution in [0.5, 0.6) is 0 Å². The van der Waals surface area contributed by atoms with Crippen molar-refractivity contribution in [2.24, 2.45) is 11.8 Å². The van der Waals surface area contributed by atoms with Crippen molar-refractivity contribution in [1.82, 2.24) is 0 Å². The topological polar surface area (TPSA) is 26.3 Å². The first kappa shape index (κ1) is 33.5. The molecule has 34 heavy (non-hydrogen) atoms. The van der Waals surface area contributed by atoms with E-state index in [2.05, 4.69) is 27.7 Å². The van der Waals surface area contributed by atoms with E-state index in [0.29, 0.717) is 12.5 Å². The van der Waals surface area contributed by atoms with E-state index < -0.39 is 0 Å². The lowest BCUT2D eigenvalue weighted by molar-refractivity contribution is -0.149. The van der Waals surface area contributed by atoms with Crippen LogP contribution in [0.2, 0.25) is 0 Å². The lowest BCUT2D eigenvalue weighted by Gasteiger charge is -2.19. The van der Waals surface area contributed by atoms with E-state index in [-0.39, 0.29) is 11.9 Å². The van der Waals surface area contributed by atoms with Gasteiger partial charge in [-0.15, -0.1) is 0 Å². The molecule has 0 aliphatic carbocycles. The molecule has 0 spiro atoms. The normalized spacial score (nSPS) is 13.2. The van der Waals surface area contributed by atoms with E-state index >= 15 is 0 Å². The molecule has 0 saturated heterocycles. The van der Waals surface area contributed by atoms with E-state index in [0.717, 1.165) is 6.42 Å². The summed E-state index contributed by atoms with van der Waals surface area (Å²) in [6.45, 7) is 9.53. The molecular weight excluding hydrogens is 416 g/mol. The summed E-state index contributed by atoms with van der Waals surface area (Å²) in [4.78, 5) is 12.5. The summed E-state index contributed by atoms with van der Waals surface area (Å²) in [5.41, 5.74) is 0. The molecule has 204 valence electrons. The molecule has 0 aromatic rings. The average molecular weight is 481 g/mol. The molecule has 0 N–H and O–H groups in total. The molecule has 0 saturated carbocycles. The number of hydrogen-bond donors (Lipinski definition) is 0. The zero-order valence-electron chi connectivity index (χ0n) is 24.1.